The normalized spacial score (nSPS) is 11.1. The van der Waals surface area contributed by atoms with Crippen LogP contribution in [0.2, 0.25) is 0 Å². The predicted molar refractivity (Wildman–Crippen MR) is 79.7 cm³/mol. The molecule has 0 aliphatic carbocycles. The summed E-state index contributed by atoms with van der Waals surface area (Å²) in [5.41, 5.74) is 11.9. The third-order valence-electron chi connectivity index (χ3n) is 3.45. The van der Waals surface area contributed by atoms with Gasteiger partial charge < -0.3 is 5.73 Å². The Balaban J connectivity index is 2.40. The van der Waals surface area contributed by atoms with Crippen LogP contribution in [-0.4, -0.2) is 9.55 Å². The van der Waals surface area contributed by atoms with Crippen LogP contribution in [0.1, 0.15) is 16.7 Å². The Morgan fingerprint density at radius 2 is 1.74 bits per heavy atom. The summed E-state index contributed by atoms with van der Waals surface area (Å²) in [4.78, 5) is 4.47. The molecule has 2 heterocycles. The smallest absolute Gasteiger partial charge is 0.146 e. The van der Waals surface area contributed by atoms with Gasteiger partial charge in [-0.15, -0.1) is 0 Å². The second kappa shape index (κ2) is 4.12. The molecule has 0 saturated heterocycles. The average molecular weight is 251 g/mol. The standard InChI is InChI=1S/C16H17N3/c1-10-7-11(2)15(12(3)8-10)19-14(17)9-13-5-4-6-18-16(13)19/h4-9H,17H2,1-3H3. The Morgan fingerprint density at radius 1 is 1.05 bits per heavy atom. The summed E-state index contributed by atoms with van der Waals surface area (Å²) in [6, 6.07) is 10.3. The van der Waals surface area contributed by atoms with E-state index in [-0.39, 0.29) is 0 Å². The van der Waals surface area contributed by atoms with Gasteiger partial charge in [0.1, 0.15) is 11.5 Å². The molecule has 1 aromatic carbocycles. The number of anilines is 1. The third kappa shape index (κ3) is 1.78. The summed E-state index contributed by atoms with van der Waals surface area (Å²) in [6.45, 7) is 6.34. The van der Waals surface area contributed by atoms with Crippen molar-refractivity contribution >= 4 is 16.9 Å². The monoisotopic (exact) mass is 251 g/mol. The van der Waals surface area contributed by atoms with Gasteiger partial charge in [-0.1, -0.05) is 17.7 Å². The second-order valence-corrected chi connectivity index (χ2v) is 5.07. The van der Waals surface area contributed by atoms with Crippen molar-refractivity contribution in [2.24, 2.45) is 0 Å². The van der Waals surface area contributed by atoms with E-state index in [0.717, 1.165) is 22.5 Å². The van der Waals surface area contributed by atoms with E-state index in [0.29, 0.717) is 0 Å². The fourth-order valence-corrected chi connectivity index (χ4v) is 2.82. The average Bonchev–Trinajstić information content (AvgIpc) is 2.65. The molecule has 0 amide bonds. The van der Waals surface area contributed by atoms with Gasteiger partial charge in [0.05, 0.1) is 5.69 Å². The van der Waals surface area contributed by atoms with Crippen molar-refractivity contribution < 1.29 is 0 Å². The maximum atomic E-state index is 6.18. The van der Waals surface area contributed by atoms with Gasteiger partial charge in [0.2, 0.25) is 0 Å². The molecule has 96 valence electrons. The van der Waals surface area contributed by atoms with Gasteiger partial charge in [-0.05, 0) is 50.1 Å². The minimum Gasteiger partial charge on any atom is -0.385 e. The van der Waals surface area contributed by atoms with Crippen molar-refractivity contribution in [1.82, 2.24) is 9.55 Å². The fourth-order valence-electron chi connectivity index (χ4n) is 2.82. The number of benzene rings is 1. The first-order chi connectivity index (χ1) is 9.08. The zero-order valence-corrected chi connectivity index (χ0v) is 11.4. The van der Waals surface area contributed by atoms with Crippen LogP contribution in [0.5, 0.6) is 0 Å². The number of fused-ring (bicyclic) bond motifs is 1. The van der Waals surface area contributed by atoms with Crippen LogP contribution in [0.3, 0.4) is 0 Å². The highest BCUT2D eigenvalue weighted by molar-refractivity contribution is 5.84. The lowest BCUT2D eigenvalue weighted by molar-refractivity contribution is 1.06. The molecule has 0 aliphatic heterocycles. The first-order valence-electron chi connectivity index (χ1n) is 6.38. The van der Waals surface area contributed by atoms with E-state index in [1.165, 1.54) is 16.7 Å². The number of hydrogen-bond acceptors (Lipinski definition) is 2. The number of aryl methyl sites for hydroxylation is 3. The molecule has 0 unspecified atom stereocenters. The molecule has 0 atom stereocenters. The zero-order valence-electron chi connectivity index (χ0n) is 11.4. The van der Waals surface area contributed by atoms with Gasteiger partial charge in [0, 0.05) is 11.6 Å². The van der Waals surface area contributed by atoms with Crippen molar-refractivity contribution in [3.8, 4) is 5.69 Å². The van der Waals surface area contributed by atoms with Gasteiger partial charge >= 0.3 is 0 Å². The second-order valence-electron chi connectivity index (χ2n) is 5.07. The van der Waals surface area contributed by atoms with Crippen molar-refractivity contribution in [2.45, 2.75) is 20.8 Å². The topological polar surface area (TPSA) is 43.8 Å². The van der Waals surface area contributed by atoms with Crippen molar-refractivity contribution in [1.29, 1.82) is 0 Å². The predicted octanol–water partition coefficient (Wildman–Crippen LogP) is 3.53. The molecule has 0 saturated carbocycles. The van der Waals surface area contributed by atoms with E-state index >= 15 is 0 Å². The molecule has 3 rings (SSSR count). The molecule has 0 bridgehead atoms. The number of nitrogen functional groups attached to an aromatic ring is 1. The van der Waals surface area contributed by atoms with Gasteiger partial charge in [-0.25, -0.2) is 4.98 Å². The van der Waals surface area contributed by atoms with Crippen LogP contribution in [0.4, 0.5) is 5.82 Å². The van der Waals surface area contributed by atoms with E-state index in [2.05, 4.69) is 37.9 Å². The Labute approximate surface area is 112 Å². The Kier molecular flexibility index (Phi) is 2.56. The molecule has 19 heavy (non-hydrogen) atoms. The summed E-state index contributed by atoms with van der Waals surface area (Å²) >= 11 is 0. The summed E-state index contributed by atoms with van der Waals surface area (Å²) in [5, 5.41) is 1.07. The Bertz CT molecular complexity index is 746. The van der Waals surface area contributed by atoms with E-state index in [1.54, 1.807) is 6.20 Å². The zero-order chi connectivity index (χ0) is 13.6. The number of pyridine rings is 1. The van der Waals surface area contributed by atoms with Crippen LogP contribution in [-0.2, 0) is 0 Å². The van der Waals surface area contributed by atoms with Crippen LogP contribution in [0.25, 0.3) is 16.7 Å². The molecule has 3 nitrogen and oxygen atoms in total. The van der Waals surface area contributed by atoms with Crippen LogP contribution in [0.15, 0.2) is 36.5 Å². The lowest BCUT2D eigenvalue weighted by Gasteiger charge is -2.15. The molecule has 0 aliphatic rings. The summed E-state index contributed by atoms with van der Waals surface area (Å²) in [7, 11) is 0. The number of hydrogen-bond donors (Lipinski definition) is 1. The maximum Gasteiger partial charge on any atom is 0.146 e. The van der Waals surface area contributed by atoms with Gasteiger partial charge in [0.15, 0.2) is 0 Å². The first-order valence-corrected chi connectivity index (χ1v) is 6.38. The first kappa shape index (κ1) is 11.8. The van der Waals surface area contributed by atoms with Crippen molar-refractivity contribution in [2.75, 3.05) is 5.73 Å². The Morgan fingerprint density at radius 3 is 2.42 bits per heavy atom. The molecular formula is C16H17N3. The SMILES string of the molecule is Cc1cc(C)c(-n2c(N)cc3cccnc32)c(C)c1. The number of nitrogens with zero attached hydrogens (tertiary/aromatic N) is 2. The third-order valence-corrected chi connectivity index (χ3v) is 3.45. The summed E-state index contributed by atoms with van der Waals surface area (Å²) in [5.74, 6) is 0.726. The lowest BCUT2D eigenvalue weighted by atomic mass is 10.0. The van der Waals surface area contributed by atoms with E-state index in [1.807, 2.05) is 22.8 Å². The highest BCUT2D eigenvalue weighted by Crippen LogP contribution is 2.29. The fraction of sp³-hybridized carbons (Fsp3) is 0.188. The minimum atomic E-state index is 0.726. The quantitative estimate of drug-likeness (QED) is 0.719. The molecular weight excluding hydrogens is 234 g/mol. The minimum absolute atomic E-state index is 0.726. The molecule has 0 radical (unpaired) electrons. The van der Waals surface area contributed by atoms with E-state index in [9.17, 15) is 0 Å². The molecule has 0 fully saturated rings. The van der Waals surface area contributed by atoms with Gasteiger partial charge in [-0.2, -0.15) is 0 Å². The molecule has 2 aromatic heterocycles. The van der Waals surface area contributed by atoms with Crippen LogP contribution < -0.4 is 5.73 Å². The highest BCUT2D eigenvalue weighted by atomic mass is 15.1. The van der Waals surface area contributed by atoms with E-state index < -0.39 is 0 Å². The van der Waals surface area contributed by atoms with Crippen molar-refractivity contribution in [3.63, 3.8) is 0 Å². The number of aromatic nitrogens is 2. The Hall–Kier alpha value is -2.29. The number of rotatable bonds is 1. The van der Waals surface area contributed by atoms with Gasteiger partial charge in [0.25, 0.3) is 0 Å². The van der Waals surface area contributed by atoms with Crippen molar-refractivity contribution in [3.05, 3.63) is 53.2 Å². The summed E-state index contributed by atoms with van der Waals surface area (Å²) < 4.78 is 2.04. The van der Waals surface area contributed by atoms with Crippen LogP contribution >= 0.6 is 0 Å². The highest BCUT2D eigenvalue weighted by Gasteiger charge is 2.13. The molecule has 2 N–H and O–H groups in total. The van der Waals surface area contributed by atoms with Gasteiger partial charge in [-0.3, -0.25) is 4.57 Å². The number of nitrogens with two attached hydrogens (primary N) is 1. The lowest BCUT2D eigenvalue weighted by Crippen LogP contribution is -2.05. The maximum absolute atomic E-state index is 6.18. The molecule has 3 aromatic rings. The summed E-state index contributed by atoms with van der Waals surface area (Å²) in [6.07, 6.45) is 1.80. The largest absolute Gasteiger partial charge is 0.385 e. The molecule has 0 spiro atoms. The van der Waals surface area contributed by atoms with Crippen LogP contribution in [0, 0.1) is 20.8 Å². The molecule has 3 heteroatoms. The van der Waals surface area contributed by atoms with E-state index in [4.69, 9.17) is 5.73 Å².